The van der Waals surface area contributed by atoms with Crippen molar-refractivity contribution in [2.75, 3.05) is 6.54 Å². The third kappa shape index (κ3) is 4.87. The molecule has 1 aliphatic heterocycles. The second kappa shape index (κ2) is 7.81. The number of hydrogen-bond donors (Lipinski definition) is 3. The van der Waals surface area contributed by atoms with Crippen LogP contribution in [0.5, 0.6) is 0 Å². The van der Waals surface area contributed by atoms with Crippen LogP contribution in [-0.2, 0) is 9.59 Å². The SMILES string of the molecule is O=C(CC(O)c1cc(Cl)cc(Cl)c1)NC1CCCCNC1=O. The van der Waals surface area contributed by atoms with Crippen molar-refractivity contribution in [3.8, 4) is 0 Å². The summed E-state index contributed by atoms with van der Waals surface area (Å²) in [6.45, 7) is 0.634. The number of hydrogen-bond acceptors (Lipinski definition) is 3. The third-order valence-corrected chi connectivity index (χ3v) is 3.96. The first-order chi connectivity index (χ1) is 10.5. The Labute approximate surface area is 139 Å². The first kappa shape index (κ1) is 17.1. The number of nitrogens with one attached hydrogen (secondary N) is 2. The molecule has 0 bridgehead atoms. The first-order valence-corrected chi connectivity index (χ1v) is 7.92. The van der Waals surface area contributed by atoms with Gasteiger partial charge in [0.1, 0.15) is 6.04 Å². The van der Waals surface area contributed by atoms with Crippen molar-refractivity contribution in [3.63, 3.8) is 0 Å². The Bertz CT molecular complexity index is 545. The fourth-order valence-electron chi connectivity index (χ4n) is 2.39. The molecular formula is C15H18Cl2N2O3. The predicted molar refractivity (Wildman–Crippen MR) is 84.8 cm³/mol. The van der Waals surface area contributed by atoms with Gasteiger partial charge in [0.25, 0.3) is 0 Å². The summed E-state index contributed by atoms with van der Waals surface area (Å²) in [7, 11) is 0. The van der Waals surface area contributed by atoms with Crippen molar-refractivity contribution in [2.45, 2.75) is 37.8 Å². The largest absolute Gasteiger partial charge is 0.388 e. The molecule has 5 nitrogen and oxygen atoms in total. The van der Waals surface area contributed by atoms with Crippen molar-refractivity contribution in [1.82, 2.24) is 10.6 Å². The van der Waals surface area contributed by atoms with Crippen LogP contribution in [0.2, 0.25) is 10.0 Å². The van der Waals surface area contributed by atoms with Crippen LogP contribution in [0.15, 0.2) is 18.2 Å². The minimum absolute atomic E-state index is 0.152. The number of rotatable bonds is 4. The van der Waals surface area contributed by atoms with Crippen molar-refractivity contribution in [1.29, 1.82) is 0 Å². The minimum Gasteiger partial charge on any atom is -0.388 e. The van der Waals surface area contributed by atoms with E-state index in [0.29, 0.717) is 28.6 Å². The molecular weight excluding hydrogens is 327 g/mol. The molecule has 0 saturated carbocycles. The highest BCUT2D eigenvalue weighted by Gasteiger charge is 2.23. The Kier molecular flexibility index (Phi) is 6.06. The average Bonchev–Trinajstić information content (AvgIpc) is 2.63. The van der Waals surface area contributed by atoms with E-state index in [-0.39, 0.29) is 18.2 Å². The van der Waals surface area contributed by atoms with Gasteiger partial charge in [-0.1, -0.05) is 23.2 Å². The lowest BCUT2D eigenvalue weighted by atomic mass is 10.1. The summed E-state index contributed by atoms with van der Waals surface area (Å²) >= 11 is 11.7. The maximum absolute atomic E-state index is 12.0. The van der Waals surface area contributed by atoms with Gasteiger partial charge in [0, 0.05) is 16.6 Å². The Hall–Kier alpha value is -1.30. The summed E-state index contributed by atoms with van der Waals surface area (Å²) < 4.78 is 0. The fourth-order valence-corrected chi connectivity index (χ4v) is 2.93. The zero-order chi connectivity index (χ0) is 16.1. The van der Waals surface area contributed by atoms with Crippen LogP contribution in [0.3, 0.4) is 0 Å². The van der Waals surface area contributed by atoms with Crippen LogP contribution >= 0.6 is 23.2 Å². The molecule has 1 heterocycles. The molecule has 22 heavy (non-hydrogen) atoms. The highest BCUT2D eigenvalue weighted by atomic mass is 35.5. The number of carbonyl (C=O) groups is 2. The maximum atomic E-state index is 12.0. The number of aliphatic hydroxyl groups excluding tert-OH is 1. The lowest BCUT2D eigenvalue weighted by Gasteiger charge is -2.17. The number of amides is 2. The van der Waals surface area contributed by atoms with Crippen LogP contribution in [0.1, 0.15) is 37.4 Å². The summed E-state index contributed by atoms with van der Waals surface area (Å²) in [6, 6.07) is 4.13. The van der Waals surface area contributed by atoms with Crippen molar-refractivity contribution < 1.29 is 14.7 Å². The second-order valence-corrected chi connectivity index (χ2v) is 6.20. The van der Waals surface area contributed by atoms with Crippen LogP contribution in [0, 0.1) is 0 Å². The van der Waals surface area contributed by atoms with Gasteiger partial charge < -0.3 is 15.7 Å². The molecule has 0 aromatic heterocycles. The van der Waals surface area contributed by atoms with Gasteiger partial charge in [-0.15, -0.1) is 0 Å². The zero-order valence-corrected chi connectivity index (χ0v) is 13.5. The van der Waals surface area contributed by atoms with E-state index in [0.717, 1.165) is 12.8 Å². The van der Waals surface area contributed by atoms with E-state index >= 15 is 0 Å². The number of benzene rings is 1. The lowest BCUT2D eigenvalue weighted by molar-refractivity contribution is -0.129. The Balaban J connectivity index is 1.94. The normalized spacial score (nSPS) is 20.0. The molecule has 1 aromatic carbocycles. The van der Waals surface area contributed by atoms with Gasteiger partial charge in [-0.25, -0.2) is 0 Å². The smallest absolute Gasteiger partial charge is 0.242 e. The molecule has 2 amide bonds. The maximum Gasteiger partial charge on any atom is 0.242 e. The van der Waals surface area contributed by atoms with Gasteiger partial charge in [-0.2, -0.15) is 0 Å². The van der Waals surface area contributed by atoms with E-state index in [2.05, 4.69) is 10.6 Å². The van der Waals surface area contributed by atoms with Crippen molar-refractivity contribution in [3.05, 3.63) is 33.8 Å². The van der Waals surface area contributed by atoms with Crippen LogP contribution < -0.4 is 10.6 Å². The number of carbonyl (C=O) groups excluding carboxylic acids is 2. The van der Waals surface area contributed by atoms with Crippen molar-refractivity contribution in [2.24, 2.45) is 0 Å². The summed E-state index contributed by atoms with van der Waals surface area (Å²) in [5, 5.41) is 16.3. The Morgan fingerprint density at radius 2 is 2.00 bits per heavy atom. The summed E-state index contributed by atoms with van der Waals surface area (Å²) in [4.78, 5) is 23.8. The molecule has 120 valence electrons. The molecule has 3 N–H and O–H groups in total. The quantitative estimate of drug-likeness (QED) is 0.783. The molecule has 2 unspecified atom stereocenters. The van der Waals surface area contributed by atoms with E-state index in [1.54, 1.807) is 18.2 Å². The summed E-state index contributed by atoms with van der Waals surface area (Å²) in [6.07, 6.45) is 1.21. The highest BCUT2D eigenvalue weighted by molar-refractivity contribution is 6.34. The second-order valence-electron chi connectivity index (χ2n) is 5.33. The minimum atomic E-state index is -1.02. The van der Waals surface area contributed by atoms with Gasteiger partial charge in [-0.3, -0.25) is 9.59 Å². The van der Waals surface area contributed by atoms with Gasteiger partial charge in [-0.05, 0) is 43.0 Å². The van der Waals surface area contributed by atoms with E-state index in [9.17, 15) is 14.7 Å². The zero-order valence-electron chi connectivity index (χ0n) is 11.9. The predicted octanol–water partition coefficient (Wildman–Crippen LogP) is 2.20. The molecule has 1 aromatic rings. The molecule has 7 heteroatoms. The number of halogens is 2. The van der Waals surface area contributed by atoms with E-state index < -0.39 is 12.1 Å². The summed E-state index contributed by atoms with van der Waals surface area (Å²) in [5.41, 5.74) is 0.470. The fraction of sp³-hybridized carbons (Fsp3) is 0.467. The third-order valence-electron chi connectivity index (χ3n) is 3.52. The molecule has 0 spiro atoms. The molecule has 0 aliphatic carbocycles. The molecule has 2 rings (SSSR count). The highest BCUT2D eigenvalue weighted by Crippen LogP contribution is 2.25. The standard InChI is InChI=1S/C15H18Cl2N2O3/c16-10-5-9(6-11(17)7-10)13(20)8-14(21)19-12-3-1-2-4-18-15(12)22/h5-7,12-13,20H,1-4,8H2,(H,18,22)(H,19,21). The average molecular weight is 345 g/mol. The Morgan fingerprint density at radius 1 is 1.32 bits per heavy atom. The molecule has 0 radical (unpaired) electrons. The monoisotopic (exact) mass is 344 g/mol. The first-order valence-electron chi connectivity index (χ1n) is 7.17. The van der Waals surface area contributed by atoms with Crippen LogP contribution in [0.25, 0.3) is 0 Å². The number of aliphatic hydroxyl groups is 1. The van der Waals surface area contributed by atoms with E-state index in [1.807, 2.05) is 0 Å². The molecule has 2 atom stereocenters. The van der Waals surface area contributed by atoms with E-state index in [1.165, 1.54) is 0 Å². The van der Waals surface area contributed by atoms with Crippen LogP contribution in [0.4, 0.5) is 0 Å². The van der Waals surface area contributed by atoms with Gasteiger partial charge >= 0.3 is 0 Å². The van der Waals surface area contributed by atoms with Gasteiger partial charge in [0.15, 0.2) is 0 Å². The molecule has 1 fully saturated rings. The van der Waals surface area contributed by atoms with Crippen LogP contribution in [-0.4, -0.2) is 29.5 Å². The van der Waals surface area contributed by atoms with Crippen molar-refractivity contribution >= 4 is 35.0 Å². The summed E-state index contributed by atoms with van der Waals surface area (Å²) in [5.74, 6) is -0.559. The molecule has 1 aliphatic rings. The van der Waals surface area contributed by atoms with E-state index in [4.69, 9.17) is 23.2 Å². The van der Waals surface area contributed by atoms with Gasteiger partial charge in [0.05, 0.1) is 12.5 Å². The Morgan fingerprint density at radius 3 is 2.68 bits per heavy atom. The topological polar surface area (TPSA) is 78.4 Å². The molecule has 1 saturated heterocycles. The van der Waals surface area contributed by atoms with Gasteiger partial charge in [0.2, 0.25) is 11.8 Å². The lowest BCUT2D eigenvalue weighted by Crippen LogP contribution is -2.45.